The Kier molecular flexibility index (Phi) is 6.51. The van der Waals surface area contributed by atoms with E-state index in [0.29, 0.717) is 13.2 Å². The number of aliphatic imine (C=N–C) groups is 1. The van der Waals surface area contributed by atoms with Gasteiger partial charge in [0, 0.05) is 24.7 Å². The number of methoxy groups -OCH3 is 1. The van der Waals surface area contributed by atoms with E-state index in [0.717, 1.165) is 66.1 Å². The summed E-state index contributed by atoms with van der Waals surface area (Å²) in [5, 5.41) is 11.4. The van der Waals surface area contributed by atoms with Crippen LogP contribution in [-0.2, 0) is 11.3 Å². The molecule has 1 fully saturated rings. The zero-order valence-corrected chi connectivity index (χ0v) is 18.3. The predicted molar refractivity (Wildman–Crippen MR) is 122 cm³/mol. The molecule has 0 amide bonds. The van der Waals surface area contributed by atoms with E-state index in [-0.39, 0.29) is 11.5 Å². The maximum Gasteiger partial charge on any atom is 0.154 e. The first-order valence-electron chi connectivity index (χ1n) is 10.5. The number of anilines is 2. The molecule has 0 radical (unpaired) electrons. The molecular formula is C22H29ClN6O. The average Bonchev–Trinajstić information content (AvgIpc) is 2.76. The molecule has 3 heterocycles. The Morgan fingerprint density at radius 2 is 2.13 bits per heavy atom. The second kappa shape index (κ2) is 9.29. The number of halogens is 1. The van der Waals surface area contributed by atoms with Crippen LogP contribution in [0.4, 0.5) is 11.5 Å². The maximum absolute atomic E-state index is 6.14. The maximum atomic E-state index is 6.14. The largest absolute Gasteiger partial charge is 0.385 e. The van der Waals surface area contributed by atoms with Crippen molar-refractivity contribution in [1.82, 2.24) is 15.3 Å². The highest BCUT2D eigenvalue weighted by atomic mass is 35.5. The fourth-order valence-corrected chi connectivity index (χ4v) is 4.20. The van der Waals surface area contributed by atoms with Crippen molar-refractivity contribution >= 4 is 28.9 Å². The van der Waals surface area contributed by atoms with Crippen LogP contribution in [0.2, 0.25) is 5.02 Å². The van der Waals surface area contributed by atoms with Gasteiger partial charge in [-0.25, -0.2) is 9.97 Å². The van der Waals surface area contributed by atoms with E-state index in [9.17, 15) is 0 Å². The van der Waals surface area contributed by atoms with E-state index in [1.807, 2.05) is 30.5 Å². The third-order valence-electron chi connectivity index (χ3n) is 5.83. The molecule has 2 aliphatic heterocycles. The lowest BCUT2D eigenvalue weighted by molar-refractivity contribution is 0.188. The van der Waals surface area contributed by atoms with Gasteiger partial charge >= 0.3 is 0 Å². The van der Waals surface area contributed by atoms with Gasteiger partial charge in [0.05, 0.1) is 18.3 Å². The summed E-state index contributed by atoms with van der Waals surface area (Å²) in [5.74, 6) is 2.87. The van der Waals surface area contributed by atoms with Gasteiger partial charge in [0.25, 0.3) is 0 Å². The number of amidine groups is 1. The minimum Gasteiger partial charge on any atom is -0.385 e. The molecule has 1 aromatic carbocycles. The number of hydrogen-bond acceptors (Lipinski definition) is 6. The van der Waals surface area contributed by atoms with Crippen molar-refractivity contribution in [3.8, 4) is 0 Å². The van der Waals surface area contributed by atoms with Gasteiger partial charge in [-0.3, -0.25) is 4.99 Å². The number of benzene rings is 1. The number of nitrogens with zero attached hydrogens (tertiary/aromatic N) is 3. The summed E-state index contributed by atoms with van der Waals surface area (Å²) in [6, 6.07) is 7.85. The Labute approximate surface area is 182 Å². The summed E-state index contributed by atoms with van der Waals surface area (Å²) in [6.07, 6.45) is 4.62. The van der Waals surface area contributed by atoms with Gasteiger partial charge in [-0.1, -0.05) is 30.7 Å². The topological polar surface area (TPSA) is 83.5 Å². The molecule has 1 atom stereocenters. The Hall–Kier alpha value is -2.22. The Bertz CT molecular complexity index is 912. The summed E-state index contributed by atoms with van der Waals surface area (Å²) in [7, 11) is 1.72. The Morgan fingerprint density at radius 3 is 2.90 bits per heavy atom. The fraction of sp³-hybridized carbons (Fsp3) is 0.500. The van der Waals surface area contributed by atoms with Crippen LogP contribution in [0, 0.1) is 0 Å². The van der Waals surface area contributed by atoms with Crippen molar-refractivity contribution in [3.63, 3.8) is 0 Å². The predicted octanol–water partition coefficient (Wildman–Crippen LogP) is 3.83. The van der Waals surface area contributed by atoms with E-state index in [1.165, 1.54) is 0 Å². The van der Waals surface area contributed by atoms with Gasteiger partial charge in [0.15, 0.2) is 5.82 Å². The van der Waals surface area contributed by atoms with Crippen molar-refractivity contribution in [2.75, 3.05) is 37.4 Å². The minimum atomic E-state index is -0.252. The van der Waals surface area contributed by atoms with Crippen LogP contribution in [0.25, 0.3) is 0 Å². The van der Waals surface area contributed by atoms with Crippen molar-refractivity contribution in [2.45, 2.75) is 44.2 Å². The van der Waals surface area contributed by atoms with E-state index in [2.05, 4.69) is 27.9 Å². The number of fused-ring (bicyclic) bond motifs is 1. The molecule has 1 spiro atoms. The van der Waals surface area contributed by atoms with Crippen molar-refractivity contribution < 1.29 is 4.74 Å². The molecule has 2 aromatic rings. The summed E-state index contributed by atoms with van der Waals surface area (Å²) >= 11 is 6.14. The molecule has 0 saturated carbocycles. The van der Waals surface area contributed by atoms with Gasteiger partial charge in [-0.05, 0) is 50.0 Å². The molecule has 30 heavy (non-hydrogen) atoms. The smallest absolute Gasteiger partial charge is 0.154 e. The highest BCUT2D eigenvalue weighted by Gasteiger charge is 2.41. The molecular weight excluding hydrogens is 400 g/mol. The first kappa shape index (κ1) is 21.0. The number of nitrogens with one attached hydrogen (secondary N) is 3. The highest BCUT2D eigenvalue weighted by Crippen LogP contribution is 2.35. The van der Waals surface area contributed by atoms with Crippen LogP contribution >= 0.6 is 11.6 Å². The minimum absolute atomic E-state index is 0.235. The summed E-state index contributed by atoms with van der Waals surface area (Å²) in [5.41, 5.74) is 1.70. The molecule has 3 N–H and O–H groups in total. The van der Waals surface area contributed by atoms with E-state index >= 15 is 0 Å². The summed E-state index contributed by atoms with van der Waals surface area (Å²) < 4.78 is 5.21. The lowest BCUT2D eigenvalue weighted by Crippen LogP contribution is -2.58. The SMILES string of the molecule is COCCC(C)c1ncc2c(n1)NC1(CCNCC1)C(=NCc1cccc(Cl)c1)N2. The van der Waals surface area contributed by atoms with E-state index < -0.39 is 0 Å². The van der Waals surface area contributed by atoms with Gasteiger partial charge in [-0.15, -0.1) is 0 Å². The first-order valence-corrected chi connectivity index (χ1v) is 10.9. The Balaban J connectivity index is 1.61. The first-order chi connectivity index (χ1) is 14.6. The molecule has 1 aromatic heterocycles. The van der Waals surface area contributed by atoms with Crippen LogP contribution < -0.4 is 16.0 Å². The zero-order chi connectivity index (χ0) is 21.0. The highest BCUT2D eigenvalue weighted by molar-refractivity contribution is 6.30. The Morgan fingerprint density at radius 1 is 1.30 bits per heavy atom. The van der Waals surface area contributed by atoms with Crippen molar-refractivity contribution in [3.05, 3.63) is 46.9 Å². The van der Waals surface area contributed by atoms with Crippen molar-refractivity contribution in [1.29, 1.82) is 0 Å². The van der Waals surface area contributed by atoms with E-state index in [1.54, 1.807) is 7.11 Å². The molecule has 1 saturated heterocycles. The van der Waals surface area contributed by atoms with Gasteiger partial charge in [-0.2, -0.15) is 0 Å². The van der Waals surface area contributed by atoms with Crippen LogP contribution in [0.15, 0.2) is 35.5 Å². The molecule has 4 rings (SSSR count). The van der Waals surface area contributed by atoms with Crippen molar-refractivity contribution in [2.24, 2.45) is 4.99 Å². The monoisotopic (exact) mass is 428 g/mol. The summed E-state index contributed by atoms with van der Waals surface area (Å²) in [6.45, 7) is 5.27. The number of aromatic nitrogens is 2. The number of ether oxygens (including phenoxy) is 1. The van der Waals surface area contributed by atoms with Crippen LogP contribution in [-0.4, -0.2) is 48.1 Å². The standard InChI is InChI=1S/C22H29ClN6O/c1-15(6-11-30-2)19-25-14-18-20(28-19)29-22(7-9-24-10-8-22)21(27-18)26-13-16-4-3-5-17(23)12-16/h3-5,12,14-15,24H,6-11,13H2,1-2H3,(H,26,27)(H,25,28,29). The van der Waals surface area contributed by atoms with Gasteiger partial charge < -0.3 is 20.7 Å². The third kappa shape index (κ3) is 4.58. The number of piperidine rings is 1. The lowest BCUT2D eigenvalue weighted by Gasteiger charge is -2.43. The van der Waals surface area contributed by atoms with E-state index in [4.69, 9.17) is 26.3 Å². The lowest BCUT2D eigenvalue weighted by atomic mass is 9.85. The van der Waals surface area contributed by atoms with Crippen LogP contribution in [0.1, 0.15) is 43.5 Å². The molecule has 160 valence electrons. The van der Waals surface area contributed by atoms with Gasteiger partial charge in [0.2, 0.25) is 0 Å². The third-order valence-corrected chi connectivity index (χ3v) is 6.07. The number of hydrogen-bond donors (Lipinski definition) is 3. The molecule has 0 bridgehead atoms. The molecule has 2 aliphatic rings. The second-order valence-corrected chi connectivity index (χ2v) is 8.49. The summed E-state index contributed by atoms with van der Waals surface area (Å²) in [4.78, 5) is 14.4. The molecule has 7 nitrogen and oxygen atoms in total. The van der Waals surface area contributed by atoms with Crippen LogP contribution in [0.3, 0.4) is 0 Å². The quantitative estimate of drug-likeness (QED) is 0.648. The molecule has 8 heteroatoms. The molecule has 1 unspecified atom stereocenters. The van der Waals surface area contributed by atoms with Crippen LogP contribution in [0.5, 0.6) is 0 Å². The van der Waals surface area contributed by atoms with Gasteiger partial charge in [0.1, 0.15) is 17.3 Å². The fourth-order valence-electron chi connectivity index (χ4n) is 3.99. The zero-order valence-electron chi connectivity index (χ0n) is 17.5. The number of rotatable bonds is 6. The normalized spacial score (nSPS) is 19.8. The second-order valence-electron chi connectivity index (χ2n) is 8.05. The average molecular weight is 429 g/mol. The molecule has 0 aliphatic carbocycles.